The van der Waals surface area contributed by atoms with Crippen molar-refractivity contribution < 1.29 is 35.2 Å². The lowest BCUT2D eigenvalue weighted by molar-refractivity contribution is -0.137. The maximum Gasteiger partial charge on any atom is 0.416 e. The summed E-state index contributed by atoms with van der Waals surface area (Å²) in [7, 11) is -4.03. The van der Waals surface area contributed by atoms with E-state index in [1.807, 2.05) is 0 Å². The van der Waals surface area contributed by atoms with Crippen LogP contribution in [-0.4, -0.2) is 27.1 Å². The minimum Gasteiger partial charge on any atom is -0.325 e. The third kappa shape index (κ3) is 5.39. The van der Waals surface area contributed by atoms with Gasteiger partial charge in [-0.05, 0) is 36.4 Å². The topological polar surface area (TPSA) is 66.5 Å². The van der Waals surface area contributed by atoms with Gasteiger partial charge in [-0.15, -0.1) is 0 Å². The van der Waals surface area contributed by atoms with E-state index in [-0.39, 0.29) is 11.4 Å². The number of hydrogen-bond donors (Lipinski definition) is 1. The molecule has 0 spiro atoms. The zero-order chi connectivity index (χ0) is 20.4. The molecule has 0 aromatic heterocycles. The summed E-state index contributed by atoms with van der Waals surface area (Å²) >= 11 is 0. The molecule has 2 rings (SSSR count). The first kappa shape index (κ1) is 20.6. The van der Waals surface area contributed by atoms with Crippen molar-refractivity contribution >= 4 is 27.3 Å². The molecule has 0 radical (unpaired) electrons. The SMILES string of the molecule is CS(=O)(=O)N(CC(=O)Nc1ccc(C(F)(F)F)cc1)c1ccc(F)c(F)c1. The van der Waals surface area contributed by atoms with Crippen LogP contribution >= 0.6 is 0 Å². The first-order valence-electron chi connectivity index (χ1n) is 7.28. The molecule has 0 saturated heterocycles. The second-order valence-electron chi connectivity index (χ2n) is 5.49. The van der Waals surface area contributed by atoms with Crippen LogP contribution in [0.1, 0.15) is 5.56 Å². The van der Waals surface area contributed by atoms with Gasteiger partial charge in [-0.25, -0.2) is 17.2 Å². The second kappa shape index (κ2) is 7.51. The van der Waals surface area contributed by atoms with E-state index in [0.717, 1.165) is 36.6 Å². The Morgan fingerprint density at radius 1 is 1.04 bits per heavy atom. The molecule has 146 valence electrons. The van der Waals surface area contributed by atoms with Crippen molar-refractivity contribution in [1.29, 1.82) is 0 Å². The predicted octanol–water partition coefficient (Wildman–Crippen LogP) is 3.39. The molecule has 0 aliphatic carbocycles. The largest absolute Gasteiger partial charge is 0.416 e. The smallest absolute Gasteiger partial charge is 0.325 e. The highest BCUT2D eigenvalue weighted by atomic mass is 32.2. The van der Waals surface area contributed by atoms with E-state index in [4.69, 9.17) is 0 Å². The Morgan fingerprint density at radius 2 is 1.63 bits per heavy atom. The molecule has 0 unspecified atom stereocenters. The van der Waals surface area contributed by atoms with Crippen LogP contribution in [-0.2, 0) is 21.0 Å². The first-order chi connectivity index (χ1) is 12.4. The molecule has 0 saturated carbocycles. The normalized spacial score (nSPS) is 11.9. The molecule has 0 heterocycles. The van der Waals surface area contributed by atoms with E-state index in [1.165, 1.54) is 0 Å². The van der Waals surface area contributed by atoms with Gasteiger partial charge in [0.2, 0.25) is 15.9 Å². The van der Waals surface area contributed by atoms with Gasteiger partial charge in [-0.2, -0.15) is 13.2 Å². The fraction of sp³-hybridized carbons (Fsp3) is 0.188. The Labute approximate surface area is 151 Å². The number of amides is 1. The average molecular weight is 408 g/mol. The molecule has 0 bridgehead atoms. The van der Waals surface area contributed by atoms with Gasteiger partial charge in [0.1, 0.15) is 6.54 Å². The van der Waals surface area contributed by atoms with Crippen molar-refractivity contribution in [2.24, 2.45) is 0 Å². The van der Waals surface area contributed by atoms with Gasteiger partial charge in [0.25, 0.3) is 0 Å². The third-order valence-electron chi connectivity index (χ3n) is 3.37. The number of carbonyl (C=O) groups excluding carboxylic acids is 1. The van der Waals surface area contributed by atoms with Gasteiger partial charge in [0.05, 0.1) is 17.5 Å². The highest BCUT2D eigenvalue weighted by Gasteiger charge is 2.30. The Hall–Kier alpha value is -2.69. The molecule has 1 amide bonds. The molecule has 11 heteroatoms. The molecule has 1 N–H and O–H groups in total. The second-order valence-corrected chi connectivity index (χ2v) is 7.40. The van der Waals surface area contributed by atoms with Crippen molar-refractivity contribution in [3.8, 4) is 0 Å². The predicted molar refractivity (Wildman–Crippen MR) is 88.6 cm³/mol. The average Bonchev–Trinajstić information content (AvgIpc) is 2.54. The van der Waals surface area contributed by atoms with Gasteiger partial charge in [0, 0.05) is 11.8 Å². The Bertz CT molecular complexity index is 944. The van der Waals surface area contributed by atoms with Crippen LogP contribution in [0, 0.1) is 11.6 Å². The number of rotatable bonds is 5. The summed E-state index contributed by atoms with van der Waals surface area (Å²) in [5.41, 5.74) is -1.19. The minimum absolute atomic E-state index is 0.00624. The maximum atomic E-state index is 13.4. The molecule has 2 aromatic rings. The highest BCUT2D eigenvalue weighted by molar-refractivity contribution is 7.92. The number of nitrogens with one attached hydrogen (secondary N) is 1. The summed E-state index contributed by atoms with van der Waals surface area (Å²) in [6, 6.07) is 5.80. The summed E-state index contributed by atoms with van der Waals surface area (Å²) in [5.74, 6) is -3.38. The quantitative estimate of drug-likeness (QED) is 0.772. The maximum absolute atomic E-state index is 13.4. The van der Waals surface area contributed by atoms with Crippen molar-refractivity contribution in [2.45, 2.75) is 6.18 Å². The van der Waals surface area contributed by atoms with Gasteiger partial charge in [-0.1, -0.05) is 0 Å². The summed E-state index contributed by atoms with van der Waals surface area (Å²) in [6.07, 6.45) is -3.78. The van der Waals surface area contributed by atoms with E-state index in [9.17, 15) is 35.2 Å². The molecule has 5 nitrogen and oxygen atoms in total. The van der Waals surface area contributed by atoms with Crippen LogP contribution in [0.2, 0.25) is 0 Å². The summed E-state index contributed by atoms with van der Waals surface area (Å²) in [6.45, 7) is -0.787. The van der Waals surface area contributed by atoms with E-state index >= 15 is 0 Å². The van der Waals surface area contributed by atoms with Gasteiger partial charge < -0.3 is 5.32 Å². The number of anilines is 2. The number of alkyl halides is 3. The van der Waals surface area contributed by atoms with Gasteiger partial charge >= 0.3 is 6.18 Å². The van der Waals surface area contributed by atoms with E-state index in [2.05, 4.69) is 5.32 Å². The van der Waals surface area contributed by atoms with Gasteiger partial charge in [0.15, 0.2) is 11.6 Å². The Kier molecular flexibility index (Phi) is 5.73. The summed E-state index contributed by atoms with van der Waals surface area (Å²) < 4.78 is 88.2. The van der Waals surface area contributed by atoms with E-state index in [1.54, 1.807) is 0 Å². The Balaban J connectivity index is 2.18. The number of halogens is 5. The molecule has 27 heavy (non-hydrogen) atoms. The molecule has 0 fully saturated rings. The lowest BCUT2D eigenvalue weighted by Crippen LogP contribution is -2.37. The summed E-state index contributed by atoms with van der Waals surface area (Å²) in [4.78, 5) is 12.1. The summed E-state index contributed by atoms with van der Waals surface area (Å²) in [5, 5.41) is 2.24. The zero-order valence-corrected chi connectivity index (χ0v) is 14.5. The molecular weight excluding hydrogens is 395 g/mol. The Morgan fingerprint density at radius 3 is 2.11 bits per heavy atom. The van der Waals surface area contributed by atoms with Crippen molar-refractivity contribution in [3.63, 3.8) is 0 Å². The number of hydrogen-bond acceptors (Lipinski definition) is 3. The van der Waals surface area contributed by atoms with Gasteiger partial charge in [-0.3, -0.25) is 9.10 Å². The minimum atomic E-state index is -4.54. The van der Waals surface area contributed by atoms with Crippen LogP contribution in [0.5, 0.6) is 0 Å². The fourth-order valence-corrected chi connectivity index (χ4v) is 2.96. The van der Waals surface area contributed by atoms with E-state index < -0.39 is 45.8 Å². The van der Waals surface area contributed by atoms with Crippen LogP contribution in [0.15, 0.2) is 42.5 Å². The first-order valence-corrected chi connectivity index (χ1v) is 9.12. The number of carbonyl (C=O) groups is 1. The van der Waals surface area contributed by atoms with Crippen molar-refractivity contribution in [1.82, 2.24) is 0 Å². The zero-order valence-electron chi connectivity index (χ0n) is 13.7. The number of nitrogens with zero attached hydrogens (tertiary/aromatic N) is 1. The highest BCUT2D eigenvalue weighted by Crippen LogP contribution is 2.29. The molecular formula is C16H13F5N2O3S. The lowest BCUT2D eigenvalue weighted by atomic mass is 10.2. The number of sulfonamides is 1. The molecule has 0 aliphatic rings. The van der Waals surface area contributed by atoms with E-state index in [0.29, 0.717) is 16.4 Å². The molecule has 0 atom stereocenters. The number of benzene rings is 2. The van der Waals surface area contributed by atoms with Crippen LogP contribution in [0.4, 0.5) is 33.3 Å². The molecule has 0 aliphatic heterocycles. The monoisotopic (exact) mass is 408 g/mol. The lowest BCUT2D eigenvalue weighted by Gasteiger charge is -2.22. The van der Waals surface area contributed by atoms with Crippen LogP contribution in [0.3, 0.4) is 0 Å². The van der Waals surface area contributed by atoms with Crippen LogP contribution < -0.4 is 9.62 Å². The van der Waals surface area contributed by atoms with Crippen molar-refractivity contribution in [2.75, 3.05) is 22.4 Å². The molecule has 2 aromatic carbocycles. The third-order valence-corrected chi connectivity index (χ3v) is 4.52. The van der Waals surface area contributed by atoms with Crippen molar-refractivity contribution in [3.05, 3.63) is 59.7 Å². The van der Waals surface area contributed by atoms with Crippen LogP contribution in [0.25, 0.3) is 0 Å². The fourth-order valence-electron chi connectivity index (χ4n) is 2.11. The standard InChI is InChI=1S/C16H13F5N2O3S/c1-27(25,26)23(12-6-7-13(17)14(18)8-12)9-15(24)22-11-4-2-10(3-5-11)16(19,20)21/h2-8H,9H2,1H3,(H,22,24).